The molecule has 0 aliphatic heterocycles. The largest absolute Gasteiger partial charge is 0.490 e. The molecule has 94 valence electrons. The molecule has 1 nitrogen and oxygen atoms in total. The first-order valence-corrected chi connectivity index (χ1v) is 6.69. The van der Waals surface area contributed by atoms with E-state index in [0.717, 1.165) is 5.75 Å². The fourth-order valence-corrected chi connectivity index (χ4v) is 1.95. The number of hydrogen-bond donors (Lipinski definition) is 0. The van der Waals surface area contributed by atoms with E-state index in [0.29, 0.717) is 12.0 Å². The van der Waals surface area contributed by atoms with E-state index in [9.17, 15) is 0 Å². The van der Waals surface area contributed by atoms with Crippen LogP contribution >= 0.6 is 0 Å². The molecule has 1 aromatic rings. The summed E-state index contributed by atoms with van der Waals surface area (Å²) in [5, 5.41) is 0. The van der Waals surface area contributed by atoms with Crippen LogP contribution in [0.1, 0.15) is 64.5 Å². The lowest BCUT2D eigenvalue weighted by molar-refractivity contribution is 0.298. The second kappa shape index (κ2) is 4.36. The smallest absolute Gasteiger partial charge is 0.123 e. The monoisotopic (exact) mass is 232 g/mol. The topological polar surface area (TPSA) is 9.23 Å². The predicted molar refractivity (Wildman–Crippen MR) is 72.9 cm³/mol. The van der Waals surface area contributed by atoms with E-state index in [1.54, 1.807) is 0 Å². The standard InChI is InChI=1S/C16H24O/c1-11(2)14-9-6-12(16(3,4)5)10-15(14)17-13-7-8-13/h6,9-11,13H,7-8H2,1-5H3. The Morgan fingerprint density at radius 1 is 1.18 bits per heavy atom. The number of hydrogen-bond acceptors (Lipinski definition) is 1. The third-order valence-corrected chi connectivity index (χ3v) is 3.32. The average Bonchev–Trinajstić information content (AvgIpc) is 2.99. The summed E-state index contributed by atoms with van der Waals surface area (Å²) in [7, 11) is 0. The molecular formula is C16H24O. The van der Waals surface area contributed by atoms with E-state index in [-0.39, 0.29) is 5.41 Å². The highest BCUT2D eigenvalue weighted by Crippen LogP contribution is 2.36. The van der Waals surface area contributed by atoms with Crippen LogP contribution in [-0.4, -0.2) is 6.10 Å². The summed E-state index contributed by atoms with van der Waals surface area (Å²) in [6, 6.07) is 6.73. The minimum atomic E-state index is 0.192. The van der Waals surface area contributed by atoms with E-state index in [1.165, 1.54) is 24.0 Å². The van der Waals surface area contributed by atoms with Crippen molar-refractivity contribution in [1.82, 2.24) is 0 Å². The molecule has 1 aliphatic carbocycles. The fourth-order valence-electron chi connectivity index (χ4n) is 1.95. The van der Waals surface area contributed by atoms with Crippen molar-refractivity contribution in [3.05, 3.63) is 29.3 Å². The molecule has 0 spiro atoms. The minimum Gasteiger partial charge on any atom is -0.490 e. The maximum Gasteiger partial charge on any atom is 0.123 e. The quantitative estimate of drug-likeness (QED) is 0.737. The van der Waals surface area contributed by atoms with E-state index in [4.69, 9.17) is 4.74 Å². The van der Waals surface area contributed by atoms with Crippen LogP contribution in [0.5, 0.6) is 5.75 Å². The Morgan fingerprint density at radius 2 is 1.82 bits per heavy atom. The number of benzene rings is 1. The van der Waals surface area contributed by atoms with Crippen molar-refractivity contribution < 1.29 is 4.74 Å². The molecule has 1 heteroatoms. The first kappa shape index (κ1) is 12.5. The zero-order valence-corrected chi connectivity index (χ0v) is 11.7. The van der Waals surface area contributed by atoms with Gasteiger partial charge in [-0.15, -0.1) is 0 Å². The minimum absolute atomic E-state index is 0.192. The highest BCUT2D eigenvalue weighted by Gasteiger charge is 2.26. The van der Waals surface area contributed by atoms with E-state index < -0.39 is 0 Å². The van der Waals surface area contributed by atoms with Gasteiger partial charge >= 0.3 is 0 Å². The molecular weight excluding hydrogens is 208 g/mol. The summed E-state index contributed by atoms with van der Waals surface area (Å²) in [5.41, 5.74) is 2.89. The third-order valence-electron chi connectivity index (χ3n) is 3.32. The molecule has 1 aliphatic rings. The van der Waals surface area contributed by atoms with Crippen LogP contribution < -0.4 is 4.74 Å². The summed E-state index contributed by atoms with van der Waals surface area (Å²) >= 11 is 0. The second-order valence-electron chi connectivity index (χ2n) is 6.47. The van der Waals surface area contributed by atoms with Gasteiger partial charge in [0.25, 0.3) is 0 Å². The highest BCUT2D eigenvalue weighted by atomic mass is 16.5. The second-order valence-corrected chi connectivity index (χ2v) is 6.47. The number of ether oxygens (including phenoxy) is 1. The fraction of sp³-hybridized carbons (Fsp3) is 0.625. The molecule has 17 heavy (non-hydrogen) atoms. The van der Waals surface area contributed by atoms with Crippen molar-refractivity contribution in [2.75, 3.05) is 0 Å². The zero-order chi connectivity index (χ0) is 12.6. The van der Waals surface area contributed by atoms with E-state index in [1.807, 2.05) is 0 Å². The molecule has 0 amide bonds. The Bertz CT molecular complexity index is 394. The van der Waals surface area contributed by atoms with Crippen molar-refractivity contribution in [3.8, 4) is 5.75 Å². The molecule has 1 fully saturated rings. The molecule has 1 saturated carbocycles. The number of rotatable bonds is 3. The molecule has 0 aromatic heterocycles. The molecule has 0 N–H and O–H groups in total. The van der Waals surface area contributed by atoms with Crippen LogP contribution in [0.15, 0.2) is 18.2 Å². The Morgan fingerprint density at radius 3 is 2.29 bits per heavy atom. The van der Waals surface area contributed by atoms with Gasteiger partial charge < -0.3 is 4.74 Å². The van der Waals surface area contributed by atoms with Crippen molar-refractivity contribution in [2.24, 2.45) is 0 Å². The van der Waals surface area contributed by atoms with Gasteiger partial charge in [-0.1, -0.05) is 46.8 Å². The molecule has 0 radical (unpaired) electrons. The van der Waals surface area contributed by atoms with Gasteiger partial charge in [-0.05, 0) is 41.4 Å². The van der Waals surface area contributed by atoms with Crippen LogP contribution in [0.2, 0.25) is 0 Å². The lowest BCUT2D eigenvalue weighted by Crippen LogP contribution is -2.12. The van der Waals surface area contributed by atoms with Crippen LogP contribution in [-0.2, 0) is 5.41 Å². The third kappa shape index (κ3) is 3.02. The van der Waals surface area contributed by atoms with Crippen molar-refractivity contribution in [1.29, 1.82) is 0 Å². The van der Waals surface area contributed by atoms with Gasteiger partial charge in [-0.2, -0.15) is 0 Å². The van der Waals surface area contributed by atoms with Crippen molar-refractivity contribution in [3.63, 3.8) is 0 Å². The van der Waals surface area contributed by atoms with Gasteiger partial charge in [0.2, 0.25) is 0 Å². The molecule has 0 bridgehead atoms. The van der Waals surface area contributed by atoms with Gasteiger partial charge in [0.05, 0.1) is 6.10 Å². The van der Waals surface area contributed by atoms with Crippen molar-refractivity contribution in [2.45, 2.75) is 64.9 Å². The molecule has 0 saturated heterocycles. The molecule has 1 aromatic carbocycles. The molecule has 2 rings (SSSR count). The lowest BCUT2D eigenvalue weighted by Gasteiger charge is -2.22. The summed E-state index contributed by atoms with van der Waals surface area (Å²) < 4.78 is 6.05. The first-order valence-electron chi connectivity index (χ1n) is 6.69. The normalized spacial score (nSPS) is 16.4. The molecule has 0 atom stereocenters. The van der Waals surface area contributed by atoms with Gasteiger partial charge in [0.1, 0.15) is 5.75 Å². The maximum absolute atomic E-state index is 6.05. The average molecular weight is 232 g/mol. The highest BCUT2D eigenvalue weighted by molar-refractivity contribution is 5.42. The summed E-state index contributed by atoms with van der Waals surface area (Å²) in [6.07, 6.45) is 2.91. The van der Waals surface area contributed by atoms with Crippen molar-refractivity contribution >= 4 is 0 Å². The van der Waals surface area contributed by atoms with Crippen LogP contribution in [0.25, 0.3) is 0 Å². The van der Waals surface area contributed by atoms with Crippen LogP contribution in [0.3, 0.4) is 0 Å². The SMILES string of the molecule is CC(C)c1ccc(C(C)(C)C)cc1OC1CC1. The maximum atomic E-state index is 6.05. The Balaban J connectivity index is 2.34. The predicted octanol–water partition coefficient (Wildman–Crippen LogP) is 4.65. The van der Waals surface area contributed by atoms with Gasteiger partial charge in [0.15, 0.2) is 0 Å². The summed E-state index contributed by atoms with van der Waals surface area (Å²) in [5.74, 6) is 1.63. The Labute approximate surface area is 105 Å². The Kier molecular flexibility index (Phi) is 3.20. The summed E-state index contributed by atoms with van der Waals surface area (Å²) in [6.45, 7) is 11.2. The van der Waals surface area contributed by atoms with E-state index in [2.05, 4.69) is 52.8 Å². The first-order chi connectivity index (χ1) is 7.88. The van der Waals surface area contributed by atoms with E-state index >= 15 is 0 Å². The lowest BCUT2D eigenvalue weighted by atomic mass is 9.85. The Hall–Kier alpha value is -0.980. The molecule has 0 unspecified atom stereocenters. The van der Waals surface area contributed by atoms with Gasteiger partial charge in [-0.25, -0.2) is 0 Å². The molecule has 0 heterocycles. The van der Waals surface area contributed by atoms with Gasteiger partial charge in [-0.3, -0.25) is 0 Å². The van der Waals surface area contributed by atoms with Gasteiger partial charge in [0, 0.05) is 0 Å². The van der Waals surface area contributed by atoms with Crippen LogP contribution in [0.4, 0.5) is 0 Å². The summed E-state index contributed by atoms with van der Waals surface area (Å²) in [4.78, 5) is 0. The zero-order valence-electron chi connectivity index (χ0n) is 11.7. The van der Waals surface area contributed by atoms with Crippen LogP contribution in [0, 0.1) is 0 Å².